The van der Waals surface area contributed by atoms with Crippen LogP contribution in [0.4, 0.5) is 5.69 Å². The van der Waals surface area contributed by atoms with Crippen LogP contribution in [0.1, 0.15) is 0 Å². The zero-order chi connectivity index (χ0) is 16.1. The normalized spacial score (nSPS) is 10.5. The number of aromatic nitrogens is 3. The fourth-order valence-corrected chi connectivity index (χ4v) is 2.90. The summed E-state index contributed by atoms with van der Waals surface area (Å²) in [7, 11) is 0. The molecule has 5 nitrogen and oxygen atoms in total. The minimum Gasteiger partial charge on any atom is -0.325 e. The highest BCUT2D eigenvalue weighted by Gasteiger charge is 2.10. The molecule has 0 unspecified atom stereocenters. The number of hydrogen-bond acceptors (Lipinski definition) is 4. The first-order chi connectivity index (χ1) is 11.2. The maximum Gasteiger partial charge on any atom is 0.234 e. The summed E-state index contributed by atoms with van der Waals surface area (Å²) in [6.45, 7) is 0. The van der Waals surface area contributed by atoms with Crippen LogP contribution in [-0.2, 0) is 4.79 Å². The molecule has 0 radical (unpaired) electrons. The summed E-state index contributed by atoms with van der Waals surface area (Å²) in [5.74, 6) is 0.109. The molecule has 3 rings (SSSR count). The molecule has 0 fully saturated rings. The lowest BCUT2D eigenvalue weighted by molar-refractivity contribution is -0.113. The van der Waals surface area contributed by atoms with Crippen LogP contribution in [0.25, 0.3) is 5.69 Å². The number of hydrogen-bond donors (Lipinski definition) is 1. The third-order valence-corrected chi connectivity index (χ3v) is 4.17. The Morgan fingerprint density at radius 2 is 2.00 bits per heavy atom. The van der Waals surface area contributed by atoms with Crippen LogP contribution in [0.5, 0.6) is 0 Å². The molecule has 0 spiro atoms. The summed E-state index contributed by atoms with van der Waals surface area (Å²) in [5.41, 5.74) is 1.63. The summed E-state index contributed by atoms with van der Waals surface area (Å²) >= 11 is 7.22. The van der Waals surface area contributed by atoms with E-state index in [0.29, 0.717) is 15.9 Å². The molecule has 23 heavy (non-hydrogen) atoms. The molecule has 3 aromatic rings. The largest absolute Gasteiger partial charge is 0.325 e. The van der Waals surface area contributed by atoms with E-state index in [-0.39, 0.29) is 11.7 Å². The lowest BCUT2D eigenvalue weighted by Crippen LogP contribution is -2.14. The molecular weight excluding hydrogens is 332 g/mol. The number of carbonyl (C=O) groups excluding carboxylic acids is 1. The fraction of sp³-hybridized carbons (Fsp3) is 0.0625. The van der Waals surface area contributed by atoms with Gasteiger partial charge in [-0.1, -0.05) is 47.6 Å². The van der Waals surface area contributed by atoms with Gasteiger partial charge in [-0.2, -0.15) is 0 Å². The highest BCUT2D eigenvalue weighted by atomic mass is 35.5. The molecule has 7 heteroatoms. The van der Waals surface area contributed by atoms with Crippen molar-refractivity contribution in [3.05, 3.63) is 65.9 Å². The Hall–Kier alpha value is -2.31. The van der Waals surface area contributed by atoms with Crippen molar-refractivity contribution in [1.29, 1.82) is 0 Å². The minimum absolute atomic E-state index is 0.125. The van der Waals surface area contributed by atoms with E-state index in [1.54, 1.807) is 30.6 Å². The molecule has 0 aliphatic rings. The van der Waals surface area contributed by atoms with E-state index in [4.69, 9.17) is 11.6 Å². The highest BCUT2D eigenvalue weighted by molar-refractivity contribution is 7.99. The third kappa shape index (κ3) is 4.12. The molecule has 0 bridgehead atoms. The number of nitrogens with zero attached hydrogens (tertiary/aromatic N) is 3. The van der Waals surface area contributed by atoms with Crippen molar-refractivity contribution in [2.24, 2.45) is 0 Å². The summed E-state index contributed by atoms with van der Waals surface area (Å²) in [4.78, 5) is 12.0. The zero-order valence-electron chi connectivity index (χ0n) is 12.0. The second-order valence-electron chi connectivity index (χ2n) is 4.67. The Balaban J connectivity index is 1.63. The fourth-order valence-electron chi connectivity index (χ4n) is 1.98. The maximum atomic E-state index is 12.0. The van der Waals surface area contributed by atoms with Crippen molar-refractivity contribution in [3.8, 4) is 5.69 Å². The quantitative estimate of drug-likeness (QED) is 0.718. The van der Waals surface area contributed by atoms with Gasteiger partial charge in [0.1, 0.15) is 6.33 Å². The van der Waals surface area contributed by atoms with Crippen molar-refractivity contribution in [1.82, 2.24) is 14.8 Å². The SMILES string of the molecule is O=C(CSc1nncn1-c1ccccc1)Nc1cccc(Cl)c1. The van der Waals surface area contributed by atoms with Crippen LogP contribution in [0.3, 0.4) is 0 Å². The van der Waals surface area contributed by atoms with Crippen molar-refractivity contribution in [2.75, 3.05) is 11.1 Å². The van der Waals surface area contributed by atoms with E-state index in [0.717, 1.165) is 5.69 Å². The molecule has 2 aromatic carbocycles. The van der Waals surface area contributed by atoms with E-state index in [9.17, 15) is 4.79 Å². The molecule has 1 aromatic heterocycles. The number of benzene rings is 2. The smallest absolute Gasteiger partial charge is 0.234 e. The Bertz CT molecular complexity index is 807. The Morgan fingerprint density at radius 1 is 1.17 bits per heavy atom. The second kappa shape index (κ2) is 7.30. The lowest BCUT2D eigenvalue weighted by atomic mass is 10.3. The predicted octanol–water partition coefficient (Wildman–Crippen LogP) is 3.65. The van der Waals surface area contributed by atoms with Crippen LogP contribution >= 0.6 is 23.4 Å². The Labute approximate surface area is 142 Å². The van der Waals surface area contributed by atoms with Gasteiger partial charge in [0.25, 0.3) is 0 Å². The molecule has 1 N–H and O–H groups in total. The van der Waals surface area contributed by atoms with Crippen LogP contribution in [-0.4, -0.2) is 26.4 Å². The topological polar surface area (TPSA) is 59.8 Å². The standard InChI is InChI=1S/C16H13ClN4OS/c17-12-5-4-6-13(9-12)19-15(22)10-23-16-20-18-11-21(16)14-7-2-1-3-8-14/h1-9,11H,10H2,(H,19,22). The van der Waals surface area contributed by atoms with Gasteiger partial charge in [-0.05, 0) is 30.3 Å². The van der Waals surface area contributed by atoms with Crippen LogP contribution in [0.2, 0.25) is 5.02 Å². The Kier molecular flexibility index (Phi) is 4.95. The van der Waals surface area contributed by atoms with Crippen molar-refractivity contribution < 1.29 is 4.79 Å². The van der Waals surface area contributed by atoms with Gasteiger partial charge in [0.15, 0.2) is 5.16 Å². The molecule has 0 aliphatic heterocycles. The van der Waals surface area contributed by atoms with Gasteiger partial charge >= 0.3 is 0 Å². The van der Waals surface area contributed by atoms with Gasteiger partial charge in [0.2, 0.25) is 5.91 Å². The molecular formula is C16H13ClN4OS. The number of amides is 1. The average Bonchev–Trinajstić information content (AvgIpc) is 3.02. The van der Waals surface area contributed by atoms with Crippen LogP contribution in [0.15, 0.2) is 66.1 Å². The van der Waals surface area contributed by atoms with Gasteiger partial charge in [0.05, 0.1) is 5.75 Å². The van der Waals surface area contributed by atoms with Gasteiger partial charge in [-0.15, -0.1) is 10.2 Å². The highest BCUT2D eigenvalue weighted by Crippen LogP contribution is 2.20. The van der Waals surface area contributed by atoms with Crippen molar-refractivity contribution in [2.45, 2.75) is 5.16 Å². The molecule has 0 aliphatic carbocycles. The maximum absolute atomic E-state index is 12.0. The number of para-hydroxylation sites is 1. The van der Waals surface area contributed by atoms with E-state index in [1.165, 1.54) is 11.8 Å². The number of rotatable bonds is 5. The lowest BCUT2D eigenvalue weighted by Gasteiger charge is -2.07. The van der Waals surface area contributed by atoms with Crippen LogP contribution < -0.4 is 5.32 Å². The zero-order valence-corrected chi connectivity index (χ0v) is 13.6. The van der Waals surface area contributed by atoms with Gasteiger partial charge in [0, 0.05) is 16.4 Å². The van der Waals surface area contributed by atoms with Gasteiger partial charge in [-0.25, -0.2) is 0 Å². The van der Waals surface area contributed by atoms with Crippen molar-refractivity contribution >= 4 is 35.0 Å². The molecule has 0 saturated heterocycles. The van der Waals surface area contributed by atoms with E-state index in [1.807, 2.05) is 34.9 Å². The van der Waals surface area contributed by atoms with E-state index in [2.05, 4.69) is 15.5 Å². The van der Waals surface area contributed by atoms with Crippen LogP contribution in [0, 0.1) is 0 Å². The average molecular weight is 345 g/mol. The van der Waals surface area contributed by atoms with Crippen molar-refractivity contribution in [3.63, 3.8) is 0 Å². The summed E-state index contributed by atoms with van der Waals surface area (Å²) in [6.07, 6.45) is 1.63. The predicted molar refractivity (Wildman–Crippen MR) is 92.2 cm³/mol. The first kappa shape index (κ1) is 15.6. The van der Waals surface area contributed by atoms with E-state index < -0.39 is 0 Å². The summed E-state index contributed by atoms with van der Waals surface area (Å²) in [5, 5.41) is 12.0. The molecule has 116 valence electrons. The second-order valence-corrected chi connectivity index (χ2v) is 6.05. The summed E-state index contributed by atoms with van der Waals surface area (Å²) < 4.78 is 1.84. The number of thioether (sulfide) groups is 1. The minimum atomic E-state index is -0.125. The Morgan fingerprint density at radius 3 is 2.78 bits per heavy atom. The summed E-state index contributed by atoms with van der Waals surface area (Å²) in [6, 6.07) is 16.8. The molecule has 0 saturated carbocycles. The van der Waals surface area contributed by atoms with E-state index >= 15 is 0 Å². The van der Waals surface area contributed by atoms with Gasteiger partial charge < -0.3 is 5.32 Å². The number of anilines is 1. The first-order valence-corrected chi connectivity index (χ1v) is 8.22. The monoisotopic (exact) mass is 344 g/mol. The number of nitrogens with one attached hydrogen (secondary N) is 1. The molecule has 1 amide bonds. The number of halogens is 1. The molecule has 1 heterocycles. The number of carbonyl (C=O) groups is 1. The first-order valence-electron chi connectivity index (χ1n) is 6.86. The third-order valence-electron chi connectivity index (χ3n) is 2.99. The molecule has 0 atom stereocenters. The van der Waals surface area contributed by atoms with Gasteiger partial charge in [-0.3, -0.25) is 9.36 Å².